The molecule has 2 unspecified atom stereocenters. The number of rotatable bonds is 9. The third kappa shape index (κ3) is 6.75. The summed E-state index contributed by atoms with van der Waals surface area (Å²) in [5, 5.41) is 3.25. The predicted octanol–water partition coefficient (Wildman–Crippen LogP) is 3.72. The first kappa shape index (κ1) is 28.8. The van der Waals surface area contributed by atoms with Gasteiger partial charge in [0.2, 0.25) is 11.8 Å². The van der Waals surface area contributed by atoms with Crippen molar-refractivity contribution in [2.24, 2.45) is 5.41 Å². The molecule has 0 aromatic heterocycles. The lowest BCUT2D eigenvalue weighted by atomic mass is 9.77. The normalized spacial score (nSPS) is 22.4. The van der Waals surface area contributed by atoms with E-state index in [1.807, 2.05) is 23.1 Å². The van der Waals surface area contributed by atoms with E-state index in [1.165, 1.54) is 6.26 Å². The van der Waals surface area contributed by atoms with Gasteiger partial charge in [-0.05, 0) is 81.3 Å². The van der Waals surface area contributed by atoms with Gasteiger partial charge in [-0.25, -0.2) is 8.42 Å². The molecule has 2 atom stereocenters. The third-order valence-corrected chi connectivity index (χ3v) is 9.99. The van der Waals surface area contributed by atoms with Crippen LogP contribution < -0.4 is 5.32 Å². The van der Waals surface area contributed by atoms with Gasteiger partial charge in [0, 0.05) is 32.5 Å². The van der Waals surface area contributed by atoms with Gasteiger partial charge >= 0.3 is 0 Å². The summed E-state index contributed by atoms with van der Waals surface area (Å²) in [4.78, 5) is 31.1. The number of likely N-dealkylation sites (tertiary alicyclic amines) is 2. The molecule has 3 saturated heterocycles. The summed E-state index contributed by atoms with van der Waals surface area (Å²) in [7, 11) is -3.23. The molecule has 216 valence electrons. The third-order valence-electron chi connectivity index (χ3n) is 8.86. The Morgan fingerprint density at radius 2 is 1.73 bits per heavy atom. The number of sulfone groups is 1. The first-order valence-corrected chi connectivity index (χ1v) is 16.4. The van der Waals surface area contributed by atoms with E-state index in [0.717, 1.165) is 82.3 Å². The summed E-state index contributed by atoms with van der Waals surface area (Å²) in [6.45, 7) is 4.48. The Bertz CT molecular complexity index is 1270. The largest absolute Gasteiger partial charge is 0.368 e. The summed E-state index contributed by atoms with van der Waals surface area (Å²) in [5.41, 5.74) is 1.75. The average molecular weight is 568 g/mol. The number of benzene rings is 2. The first-order valence-electron chi connectivity index (χ1n) is 14.5. The average Bonchev–Trinajstić information content (AvgIpc) is 3.26. The van der Waals surface area contributed by atoms with Crippen LogP contribution in [-0.2, 0) is 30.7 Å². The highest BCUT2D eigenvalue weighted by atomic mass is 32.2. The van der Waals surface area contributed by atoms with Crippen LogP contribution in [0, 0.1) is 5.41 Å². The summed E-state index contributed by atoms with van der Waals surface area (Å²) in [5.74, 6) is 0.204. The fourth-order valence-corrected chi connectivity index (χ4v) is 6.94. The van der Waals surface area contributed by atoms with Crippen molar-refractivity contribution in [1.29, 1.82) is 0 Å². The maximum absolute atomic E-state index is 13.5. The van der Waals surface area contributed by atoms with Crippen LogP contribution in [0.2, 0.25) is 0 Å². The van der Waals surface area contributed by atoms with E-state index in [-0.39, 0.29) is 29.4 Å². The number of amides is 2. The van der Waals surface area contributed by atoms with Gasteiger partial charge < -0.3 is 19.9 Å². The van der Waals surface area contributed by atoms with Gasteiger partial charge in [0.1, 0.15) is 6.10 Å². The van der Waals surface area contributed by atoms with E-state index in [2.05, 4.69) is 22.3 Å². The minimum atomic E-state index is -3.23. The van der Waals surface area contributed by atoms with Crippen molar-refractivity contribution in [3.8, 4) is 0 Å². The Labute approximate surface area is 238 Å². The van der Waals surface area contributed by atoms with E-state index in [9.17, 15) is 18.0 Å². The van der Waals surface area contributed by atoms with Gasteiger partial charge in [-0.3, -0.25) is 9.59 Å². The molecule has 3 fully saturated rings. The zero-order valence-electron chi connectivity index (χ0n) is 23.4. The van der Waals surface area contributed by atoms with Crippen LogP contribution in [0.3, 0.4) is 0 Å². The summed E-state index contributed by atoms with van der Waals surface area (Å²) < 4.78 is 29.2. The molecular weight excluding hydrogens is 526 g/mol. The van der Waals surface area contributed by atoms with Gasteiger partial charge in [-0.1, -0.05) is 42.5 Å². The van der Waals surface area contributed by atoms with Crippen LogP contribution in [0.4, 0.5) is 0 Å². The van der Waals surface area contributed by atoms with Crippen molar-refractivity contribution < 1.29 is 22.7 Å². The van der Waals surface area contributed by atoms with Crippen LogP contribution in [0.25, 0.3) is 0 Å². The highest BCUT2D eigenvalue weighted by Gasteiger charge is 2.47. The van der Waals surface area contributed by atoms with Crippen LogP contribution in [0.15, 0.2) is 59.5 Å². The monoisotopic (exact) mass is 567 g/mol. The van der Waals surface area contributed by atoms with Crippen LogP contribution in [0.1, 0.15) is 62.1 Å². The van der Waals surface area contributed by atoms with E-state index >= 15 is 0 Å². The first-order chi connectivity index (χ1) is 19.2. The van der Waals surface area contributed by atoms with E-state index in [4.69, 9.17) is 4.74 Å². The molecule has 2 amide bonds. The Morgan fingerprint density at radius 1 is 1.02 bits per heavy atom. The smallest absolute Gasteiger partial charge is 0.249 e. The molecule has 0 bridgehead atoms. The number of hydrogen-bond acceptors (Lipinski definition) is 6. The molecule has 0 aliphatic carbocycles. The standard InChI is InChI=1S/C31H41N3O5S/c1-40(37,38)26-12-10-24(11-13-26)23-34-21-17-31(30(34)36)15-19-33(20-16-31)18-14-27(25-7-3-2-4-8-25)32-29(35)28-9-5-6-22-39-28/h2-4,7-8,10-13,27-28H,5-6,9,14-23H2,1H3,(H,32,35). The van der Waals surface area contributed by atoms with Crippen LogP contribution >= 0.6 is 0 Å². The summed E-state index contributed by atoms with van der Waals surface area (Å²) >= 11 is 0. The molecule has 40 heavy (non-hydrogen) atoms. The molecule has 0 radical (unpaired) electrons. The molecule has 0 saturated carbocycles. The SMILES string of the molecule is CS(=O)(=O)c1ccc(CN2CCC3(CCN(CCC(NC(=O)C4CCCCO4)c4ccccc4)CC3)C2=O)cc1. The number of ether oxygens (including phenoxy) is 1. The highest BCUT2D eigenvalue weighted by molar-refractivity contribution is 7.90. The molecule has 1 spiro atoms. The Hall–Kier alpha value is -2.75. The second kappa shape index (κ2) is 12.4. The second-order valence-corrected chi connectivity index (χ2v) is 13.6. The molecule has 3 heterocycles. The topological polar surface area (TPSA) is 96.0 Å². The van der Waals surface area contributed by atoms with Crippen molar-refractivity contribution in [3.05, 3.63) is 65.7 Å². The number of carbonyl (C=O) groups excluding carboxylic acids is 2. The van der Waals surface area contributed by atoms with E-state index in [0.29, 0.717) is 18.0 Å². The fraction of sp³-hybridized carbons (Fsp3) is 0.548. The molecule has 8 nitrogen and oxygen atoms in total. The summed E-state index contributed by atoms with van der Waals surface area (Å²) in [6.07, 6.45) is 7.01. The number of nitrogens with zero attached hydrogens (tertiary/aromatic N) is 2. The number of carbonyl (C=O) groups is 2. The molecule has 2 aromatic carbocycles. The second-order valence-electron chi connectivity index (χ2n) is 11.6. The molecule has 3 aliphatic heterocycles. The molecule has 1 N–H and O–H groups in total. The highest BCUT2D eigenvalue weighted by Crippen LogP contribution is 2.42. The molecule has 3 aliphatic rings. The Balaban J connectivity index is 1.14. The van der Waals surface area contributed by atoms with Crippen LogP contribution in [-0.4, -0.2) is 75.2 Å². The molecular formula is C31H41N3O5S. The van der Waals surface area contributed by atoms with Crippen molar-refractivity contribution >= 4 is 21.7 Å². The zero-order chi connectivity index (χ0) is 28.2. The Morgan fingerprint density at radius 3 is 2.38 bits per heavy atom. The minimum absolute atomic E-state index is 0.0197. The fourth-order valence-electron chi connectivity index (χ4n) is 6.31. The van der Waals surface area contributed by atoms with Crippen molar-refractivity contribution in [2.45, 2.75) is 68.5 Å². The van der Waals surface area contributed by atoms with Gasteiger partial charge in [0.05, 0.1) is 16.4 Å². The molecule has 2 aromatic rings. The molecule has 5 rings (SSSR count). The van der Waals surface area contributed by atoms with Gasteiger partial charge in [0.15, 0.2) is 9.84 Å². The Kier molecular flexibility index (Phi) is 8.92. The quantitative estimate of drug-likeness (QED) is 0.496. The number of nitrogens with one attached hydrogen (secondary N) is 1. The number of hydrogen-bond donors (Lipinski definition) is 1. The maximum atomic E-state index is 13.5. The summed E-state index contributed by atoms with van der Waals surface area (Å²) in [6, 6.07) is 16.9. The zero-order valence-corrected chi connectivity index (χ0v) is 24.2. The van der Waals surface area contributed by atoms with E-state index < -0.39 is 9.84 Å². The van der Waals surface area contributed by atoms with Gasteiger partial charge in [0.25, 0.3) is 0 Å². The lowest BCUT2D eigenvalue weighted by molar-refractivity contribution is -0.139. The lowest BCUT2D eigenvalue weighted by Crippen LogP contribution is -2.45. The minimum Gasteiger partial charge on any atom is -0.368 e. The van der Waals surface area contributed by atoms with Gasteiger partial charge in [-0.15, -0.1) is 0 Å². The van der Waals surface area contributed by atoms with Gasteiger partial charge in [-0.2, -0.15) is 0 Å². The predicted molar refractivity (Wildman–Crippen MR) is 153 cm³/mol. The van der Waals surface area contributed by atoms with Crippen molar-refractivity contribution in [1.82, 2.24) is 15.1 Å². The van der Waals surface area contributed by atoms with Crippen molar-refractivity contribution in [3.63, 3.8) is 0 Å². The molecule has 9 heteroatoms. The lowest BCUT2D eigenvalue weighted by Gasteiger charge is -2.38. The maximum Gasteiger partial charge on any atom is 0.249 e. The van der Waals surface area contributed by atoms with E-state index in [1.54, 1.807) is 24.3 Å². The van der Waals surface area contributed by atoms with Crippen LogP contribution in [0.5, 0.6) is 0 Å². The number of piperidine rings is 1. The van der Waals surface area contributed by atoms with Crippen molar-refractivity contribution in [2.75, 3.05) is 39.0 Å².